The molecule has 0 heterocycles. The first-order chi connectivity index (χ1) is 7.58. The zero-order chi connectivity index (χ0) is 11.7. The number of nitrogens with two attached hydrogens (primary N) is 1. The van der Waals surface area contributed by atoms with E-state index < -0.39 is 0 Å². The van der Waals surface area contributed by atoms with Gasteiger partial charge in [-0.25, -0.2) is 4.39 Å². The molecule has 0 spiro atoms. The number of nitrogens with one attached hydrogen (secondary N) is 1. The minimum absolute atomic E-state index is 0.228. The number of hydrogen-bond donors (Lipinski definition) is 2. The third-order valence-electron chi connectivity index (χ3n) is 3.08. The average Bonchev–Trinajstić information content (AvgIpc) is 2.92. The highest BCUT2D eigenvalue weighted by molar-refractivity contribution is 7.80. The second kappa shape index (κ2) is 4.37. The lowest BCUT2D eigenvalue weighted by Crippen LogP contribution is -2.15. The van der Waals surface area contributed by atoms with Crippen molar-refractivity contribution in [3.8, 4) is 0 Å². The lowest BCUT2D eigenvalue weighted by atomic mass is 10.1. The van der Waals surface area contributed by atoms with Gasteiger partial charge in [0.1, 0.15) is 10.8 Å². The highest BCUT2D eigenvalue weighted by atomic mass is 32.1. The fourth-order valence-electron chi connectivity index (χ4n) is 1.80. The van der Waals surface area contributed by atoms with Crippen LogP contribution < -0.4 is 11.1 Å². The summed E-state index contributed by atoms with van der Waals surface area (Å²) in [5.41, 5.74) is 6.97. The molecule has 86 valence electrons. The van der Waals surface area contributed by atoms with Crippen LogP contribution in [0.15, 0.2) is 18.2 Å². The summed E-state index contributed by atoms with van der Waals surface area (Å²) in [6.45, 7) is 3.13. The first kappa shape index (κ1) is 11.3. The molecular formula is C12H15FN2S. The van der Waals surface area contributed by atoms with Gasteiger partial charge in [-0.05, 0) is 36.5 Å². The van der Waals surface area contributed by atoms with Gasteiger partial charge in [-0.15, -0.1) is 0 Å². The van der Waals surface area contributed by atoms with Crippen molar-refractivity contribution in [1.29, 1.82) is 0 Å². The molecule has 16 heavy (non-hydrogen) atoms. The highest BCUT2D eigenvalue weighted by Gasteiger charge is 2.31. The second-order valence-corrected chi connectivity index (χ2v) is 4.85. The predicted octanol–water partition coefficient (Wildman–Crippen LogP) is 2.53. The van der Waals surface area contributed by atoms with Gasteiger partial charge in [0.2, 0.25) is 0 Å². The molecule has 1 aromatic carbocycles. The first-order valence-electron chi connectivity index (χ1n) is 5.41. The zero-order valence-electron chi connectivity index (χ0n) is 9.16. The van der Waals surface area contributed by atoms with Crippen molar-refractivity contribution in [3.05, 3.63) is 29.6 Å². The molecule has 2 unspecified atom stereocenters. The van der Waals surface area contributed by atoms with Gasteiger partial charge in [0.15, 0.2) is 0 Å². The van der Waals surface area contributed by atoms with Crippen LogP contribution in [0.2, 0.25) is 0 Å². The van der Waals surface area contributed by atoms with Gasteiger partial charge < -0.3 is 11.1 Å². The van der Waals surface area contributed by atoms with Crippen LogP contribution in [0.25, 0.3) is 0 Å². The quantitative estimate of drug-likeness (QED) is 0.792. The average molecular weight is 238 g/mol. The molecule has 0 aromatic heterocycles. The maximum absolute atomic E-state index is 13.0. The lowest BCUT2D eigenvalue weighted by Gasteiger charge is -2.10. The molecule has 1 saturated carbocycles. The molecule has 0 radical (unpaired) electrons. The third-order valence-corrected chi connectivity index (χ3v) is 3.30. The summed E-state index contributed by atoms with van der Waals surface area (Å²) >= 11 is 4.90. The second-order valence-electron chi connectivity index (χ2n) is 4.41. The lowest BCUT2D eigenvalue weighted by molar-refractivity contribution is 0.627. The van der Waals surface area contributed by atoms with Crippen molar-refractivity contribution in [2.75, 3.05) is 11.9 Å². The standard InChI is InChI=1S/C12H15FN2S/c1-7-4-8(7)6-15-11-3-2-9(13)5-10(11)12(14)16/h2-3,5,7-8,15H,4,6H2,1H3,(H2,14,16). The molecule has 3 N–H and O–H groups in total. The van der Waals surface area contributed by atoms with Crippen LogP contribution in [0.1, 0.15) is 18.9 Å². The Morgan fingerprint density at radius 2 is 2.31 bits per heavy atom. The van der Waals surface area contributed by atoms with Gasteiger partial charge in [0, 0.05) is 17.8 Å². The molecule has 0 bridgehead atoms. The Labute approximate surface area is 100 Å². The Morgan fingerprint density at radius 1 is 1.62 bits per heavy atom. The van der Waals surface area contributed by atoms with Crippen molar-refractivity contribution in [2.24, 2.45) is 17.6 Å². The highest BCUT2D eigenvalue weighted by Crippen LogP contribution is 2.37. The summed E-state index contributed by atoms with van der Waals surface area (Å²) in [6, 6.07) is 4.48. The van der Waals surface area contributed by atoms with Crippen molar-refractivity contribution >= 4 is 22.9 Å². The molecule has 0 aliphatic heterocycles. The van der Waals surface area contributed by atoms with E-state index in [9.17, 15) is 4.39 Å². The largest absolute Gasteiger partial charge is 0.389 e. The Morgan fingerprint density at radius 3 is 2.88 bits per heavy atom. The maximum atomic E-state index is 13.0. The molecule has 2 atom stereocenters. The van der Waals surface area contributed by atoms with Crippen LogP contribution in [-0.2, 0) is 0 Å². The smallest absolute Gasteiger partial charge is 0.124 e. The van der Waals surface area contributed by atoms with Crippen LogP contribution in [0.5, 0.6) is 0 Å². The Kier molecular flexibility index (Phi) is 3.10. The first-order valence-corrected chi connectivity index (χ1v) is 5.82. The van der Waals surface area contributed by atoms with E-state index in [-0.39, 0.29) is 10.8 Å². The SMILES string of the molecule is CC1CC1CNc1ccc(F)cc1C(N)=S. The zero-order valence-corrected chi connectivity index (χ0v) is 9.98. The van der Waals surface area contributed by atoms with E-state index >= 15 is 0 Å². The molecule has 2 rings (SSSR count). The van der Waals surface area contributed by atoms with Crippen LogP contribution in [0.4, 0.5) is 10.1 Å². The van der Waals surface area contributed by atoms with Crippen LogP contribution in [-0.4, -0.2) is 11.5 Å². The minimum Gasteiger partial charge on any atom is -0.389 e. The molecule has 1 fully saturated rings. The van der Waals surface area contributed by atoms with Gasteiger partial charge in [-0.3, -0.25) is 0 Å². The third kappa shape index (κ3) is 2.50. The van der Waals surface area contributed by atoms with E-state index in [0.717, 1.165) is 24.1 Å². The van der Waals surface area contributed by atoms with E-state index in [1.807, 2.05) is 0 Å². The van der Waals surface area contributed by atoms with Gasteiger partial charge in [-0.1, -0.05) is 19.1 Å². The Hall–Kier alpha value is -1.16. The maximum Gasteiger partial charge on any atom is 0.124 e. The minimum atomic E-state index is -0.312. The monoisotopic (exact) mass is 238 g/mol. The molecule has 2 nitrogen and oxygen atoms in total. The number of halogens is 1. The van der Waals surface area contributed by atoms with Crippen LogP contribution >= 0.6 is 12.2 Å². The fraction of sp³-hybridized carbons (Fsp3) is 0.417. The van der Waals surface area contributed by atoms with Gasteiger partial charge >= 0.3 is 0 Å². The van der Waals surface area contributed by atoms with E-state index in [4.69, 9.17) is 18.0 Å². The number of anilines is 1. The molecule has 0 amide bonds. The van der Waals surface area contributed by atoms with Gasteiger partial charge in [-0.2, -0.15) is 0 Å². The summed E-state index contributed by atoms with van der Waals surface area (Å²) in [7, 11) is 0. The number of thiocarbonyl (C=S) groups is 1. The van der Waals surface area contributed by atoms with E-state index in [1.165, 1.54) is 18.6 Å². The van der Waals surface area contributed by atoms with Gasteiger partial charge in [0.25, 0.3) is 0 Å². The molecule has 4 heteroatoms. The molecule has 1 aliphatic carbocycles. The van der Waals surface area contributed by atoms with Gasteiger partial charge in [0.05, 0.1) is 0 Å². The van der Waals surface area contributed by atoms with Crippen LogP contribution in [0, 0.1) is 17.7 Å². The van der Waals surface area contributed by atoms with Crippen molar-refractivity contribution in [3.63, 3.8) is 0 Å². The fourth-order valence-corrected chi connectivity index (χ4v) is 1.97. The van der Waals surface area contributed by atoms with E-state index in [2.05, 4.69) is 12.2 Å². The predicted molar refractivity (Wildman–Crippen MR) is 68.0 cm³/mol. The summed E-state index contributed by atoms with van der Waals surface area (Å²) < 4.78 is 13.0. The molecular weight excluding hydrogens is 223 g/mol. The molecule has 0 saturated heterocycles. The number of rotatable bonds is 4. The summed E-state index contributed by atoms with van der Waals surface area (Å²) in [5.74, 6) is 1.21. The number of hydrogen-bond acceptors (Lipinski definition) is 2. The van der Waals surface area contributed by atoms with Crippen molar-refractivity contribution in [2.45, 2.75) is 13.3 Å². The molecule has 1 aromatic rings. The topological polar surface area (TPSA) is 38.0 Å². The summed E-state index contributed by atoms with van der Waals surface area (Å²) in [5, 5.41) is 3.28. The molecule has 1 aliphatic rings. The van der Waals surface area contributed by atoms with Crippen LogP contribution in [0.3, 0.4) is 0 Å². The number of benzene rings is 1. The van der Waals surface area contributed by atoms with Crippen molar-refractivity contribution in [1.82, 2.24) is 0 Å². The Bertz CT molecular complexity index is 419. The normalized spacial score (nSPS) is 22.9. The van der Waals surface area contributed by atoms with E-state index in [1.54, 1.807) is 6.07 Å². The van der Waals surface area contributed by atoms with E-state index in [0.29, 0.717) is 5.56 Å². The van der Waals surface area contributed by atoms with Crippen molar-refractivity contribution < 1.29 is 4.39 Å². The summed E-state index contributed by atoms with van der Waals surface area (Å²) in [4.78, 5) is 0.228. The summed E-state index contributed by atoms with van der Waals surface area (Å²) in [6.07, 6.45) is 1.26. The Balaban J connectivity index is 2.09.